The maximum absolute atomic E-state index is 14.8. The lowest BCUT2D eigenvalue weighted by Crippen LogP contribution is -2.16. The summed E-state index contributed by atoms with van der Waals surface area (Å²) in [4.78, 5) is 9.08. The van der Waals surface area contributed by atoms with Crippen molar-refractivity contribution in [1.29, 1.82) is 0 Å². The number of hydrogen-bond donors (Lipinski definition) is 1. The number of pyridine rings is 1. The van der Waals surface area contributed by atoms with Gasteiger partial charge in [-0.2, -0.15) is 5.10 Å². The molecule has 0 radical (unpaired) electrons. The topological polar surface area (TPSA) is 59.5 Å². The highest BCUT2D eigenvalue weighted by Gasteiger charge is 2.84. The summed E-state index contributed by atoms with van der Waals surface area (Å²) in [5, 5.41) is 8.01. The number of aryl methyl sites for hydroxylation is 2. The summed E-state index contributed by atoms with van der Waals surface area (Å²) in [6, 6.07) is 3.47. The van der Waals surface area contributed by atoms with Gasteiger partial charge in [0, 0.05) is 28.9 Å². The maximum atomic E-state index is 14.8. The van der Waals surface area contributed by atoms with Crippen LogP contribution in [0.15, 0.2) is 30.7 Å². The fourth-order valence-electron chi connectivity index (χ4n) is 4.55. The van der Waals surface area contributed by atoms with Gasteiger partial charge >= 0.3 is 0 Å². The fraction of sp³-hybridized carbons (Fsp3) is 0.350. The molecule has 0 amide bonds. The van der Waals surface area contributed by atoms with Crippen molar-refractivity contribution in [1.82, 2.24) is 29.3 Å². The Morgan fingerprint density at radius 3 is 2.63 bits per heavy atom. The molecule has 2 aliphatic carbocycles. The average Bonchev–Trinajstić information content (AvgIpc) is 3.27. The van der Waals surface area contributed by atoms with Crippen LogP contribution in [0, 0.1) is 19.7 Å². The third kappa shape index (κ3) is 1.84. The molecule has 6 nitrogen and oxygen atoms in total. The van der Waals surface area contributed by atoms with Crippen molar-refractivity contribution in [2.75, 3.05) is 7.05 Å². The zero-order valence-corrected chi connectivity index (χ0v) is 15.4. The van der Waals surface area contributed by atoms with Crippen molar-refractivity contribution < 1.29 is 4.39 Å². The lowest BCUT2D eigenvalue weighted by Gasteiger charge is -2.06. The highest BCUT2D eigenvalue weighted by Crippen LogP contribution is 2.78. The van der Waals surface area contributed by atoms with Crippen LogP contribution in [-0.4, -0.2) is 36.6 Å². The van der Waals surface area contributed by atoms with E-state index in [-0.39, 0.29) is 16.8 Å². The molecule has 0 bridgehead atoms. The van der Waals surface area contributed by atoms with E-state index in [0.717, 1.165) is 41.0 Å². The van der Waals surface area contributed by atoms with E-state index in [0.29, 0.717) is 11.3 Å². The SMILES string of the molecule is CNC12CC1(c1cn3cc(-c4cc(C)c5nc(C)cn5n4)cc(F)c3n1)C2. The van der Waals surface area contributed by atoms with Gasteiger partial charge in [0.15, 0.2) is 17.1 Å². The Balaban J connectivity index is 1.49. The molecule has 0 spiro atoms. The van der Waals surface area contributed by atoms with E-state index in [2.05, 4.69) is 20.4 Å². The summed E-state index contributed by atoms with van der Waals surface area (Å²) in [6.07, 6.45) is 7.95. The number of likely N-dealkylation sites (N-methyl/N-ethyl adjacent to an activating group) is 1. The van der Waals surface area contributed by atoms with Gasteiger partial charge in [-0.05, 0) is 51.4 Å². The zero-order chi connectivity index (χ0) is 18.6. The van der Waals surface area contributed by atoms with Gasteiger partial charge in [-0.3, -0.25) is 0 Å². The molecule has 4 heterocycles. The highest BCUT2D eigenvalue weighted by atomic mass is 19.1. The van der Waals surface area contributed by atoms with E-state index in [1.165, 1.54) is 6.07 Å². The number of aromatic nitrogens is 5. The summed E-state index contributed by atoms with van der Waals surface area (Å²) in [7, 11) is 1.99. The molecule has 2 aliphatic rings. The summed E-state index contributed by atoms with van der Waals surface area (Å²) in [5.41, 5.74) is 5.86. The van der Waals surface area contributed by atoms with E-state index in [1.807, 2.05) is 45.6 Å². The number of halogens is 1. The molecule has 7 heteroatoms. The monoisotopic (exact) mass is 362 g/mol. The standard InChI is InChI=1S/C20H19FN6/c1-11-4-15(25-27-6-12(2)23-17(11)27)13-5-14(21)18-24-16(8-26(18)7-13)19-9-20(19,10-19)22-3/h4-8,22H,9-10H2,1-3H3. The van der Waals surface area contributed by atoms with Gasteiger partial charge in [-0.15, -0.1) is 0 Å². The van der Waals surface area contributed by atoms with Gasteiger partial charge in [-0.1, -0.05) is 0 Å². The van der Waals surface area contributed by atoms with Crippen LogP contribution < -0.4 is 5.32 Å². The van der Waals surface area contributed by atoms with E-state index >= 15 is 0 Å². The molecular weight excluding hydrogens is 343 g/mol. The normalized spacial score (nSPS) is 25.9. The Labute approximate surface area is 155 Å². The van der Waals surface area contributed by atoms with Crippen molar-refractivity contribution >= 4 is 11.3 Å². The molecule has 1 N–H and O–H groups in total. The number of hydrogen-bond acceptors (Lipinski definition) is 4. The third-order valence-electron chi connectivity index (χ3n) is 6.37. The molecule has 136 valence electrons. The van der Waals surface area contributed by atoms with Gasteiger partial charge in [0.1, 0.15) is 0 Å². The molecule has 0 aromatic carbocycles. The molecule has 2 fully saturated rings. The first-order chi connectivity index (χ1) is 12.9. The smallest absolute Gasteiger partial charge is 0.173 e. The van der Waals surface area contributed by atoms with Crippen molar-refractivity contribution in [3.63, 3.8) is 0 Å². The quantitative estimate of drug-likeness (QED) is 0.609. The van der Waals surface area contributed by atoms with Crippen LogP contribution in [0.5, 0.6) is 0 Å². The first-order valence-corrected chi connectivity index (χ1v) is 9.16. The minimum atomic E-state index is -0.326. The van der Waals surface area contributed by atoms with Gasteiger partial charge in [-0.25, -0.2) is 18.9 Å². The number of nitrogens with one attached hydrogen (secondary N) is 1. The summed E-state index contributed by atoms with van der Waals surface area (Å²) in [5.74, 6) is -0.326. The van der Waals surface area contributed by atoms with E-state index in [1.54, 1.807) is 8.92 Å². The van der Waals surface area contributed by atoms with E-state index in [4.69, 9.17) is 0 Å². The molecule has 4 aromatic heterocycles. The molecule has 27 heavy (non-hydrogen) atoms. The maximum Gasteiger partial charge on any atom is 0.173 e. The minimum absolute atomic E-state index is 0.114. The Morgan fingerprint density at radius 1 is 1.07 bits per heavy atom. The molecule has 0 saturated heterocycles. The zero-order valence-electron chi connectivity index (χ0n) is 15.4. The van der Waals surface area contributed by atoms with Gasteiger partial charge in [0.05, 0.1) is 23.3 Å². The second kappa shape index (κ2) is 4.54. The van der Waals surface area contributed by atoms with Gasteiger partial charge < -0.3 is 9.72 Å². The molecule has 0 unspecified atom stereocenters. The highest BCUT2D eigenvalue weighted by molar-refractivity contribution is 5.65. The molecular formula is C20H19FN6. The molecule has 4 aromatic rings. The fourth-order valence-corrected chi connectivity index (χ4v) is 4.55. The lowest BCUT2D eigenvalue weighted by molar-refractivity contribution is 0.630. The van der Waals surface area contributed by atoms with Crippen LogP contribution in [0.4, 0.5) is 4.39 Å². The van der Waals surface area contributed by atoms with E-state index in [9.17, 15) is 4.39 Å². The van der Waals surface area contributed by atoms with Gasteiger partial charge in [0.25, 0.3) is 0 Å². The second-order valence-corrected chi connectivity index (χ2v) is 8.06. The third-order valence-corrected chi connectivity index (χ3v) is 6.37. The van der Waals surface area contributed by atoms with Gasteiger partial charge in [0.2, 0.25) is 0 Å². The molecule has 2 saturated carbocycles. The summed E-state index contributed by atoms with van der Waals surface area (Å²) >= 11 is 0. The minimum Gasteiger partial charge on any atom is -0.313 e. The molecule has 0 aliphatic heterocycles. The van der Waals surface area contributed by atoms with Crippen molar-refractivity contribution in [2.24, 2.45) is 0 Å². The van der Waals surface area contributed by atoms with Crippen LogP contribution in [0.25, 0.3) is 22.6 Å². The first kappa shape index (κ1) is 15.3. The molecule has 0 atom stereocenters. The second-order valence-electron chi connectivity index (χ2n) is 8.06. The average molecular weight is 362 g/mol. The first-order valence-electron chi connectivity index (χ1n) is 9.16. The van der Waals surface area contributed by atoms with Crippen LogP contribution in [0.2, 0.25) is 0 Å². The predicted octanol–water partition coefficient (Wildman–Crippen LogP) is 2.80. The Morgan fingerprint density at radius 2 is 1.89 bits per heavy atom. The Kier molecular flexibility index (Phi) is 2.57. The van der Waals surface area contributed by atoms with Crippen molar-refractivity contribution in [3.05, 3.63) is 53.5 Å². The van der Waals surface area contributed by atoms with Crippen LogP contribution in [0.3, 0.4) is 0 Å². The van der Waals surface area contributed by atoms with Crippen LogP contribution >= 0.6 is 0 Å². The van der Waals surface area contributed by atoms with Crippen LogP contribution in [-0.2, 0) is 5.41 Å². The number of rotatable bonds is 3. The lowest BCUT2D eigenvalue weighted by atomic mass is 10.1. The predicted molar refractivity (Wildman–Crippen MR) is 99.3 cm³/mol. The van der Waals surface area contributed by atoms with Crippen molar-refractivity contribution in [2.45, 2.75) is 37.6 Å². The van der Waals surface area contributed by atoms with Crippen molar-refractivity contribution in [3.8, 4) is 11.3 Å². The van der Waals surface area contributed by atoms with E-state index < -0.39 is 0 Å². The number of imidazole rings is 2. The summed E-state index contributed by atoms with van der Waals surface area (Å²) in [6.45, 7) is 3.93. The largest absolute Gasteiger partial charge is 0.313 e. The molecule has 6 rings (SSSR count). The van der Waals surface area contributed by atoms with Crippen LogP contribution in [0.1, 0.15) is 29.8 Å². The number of nitrogens with zero attached hydrogens (tertiary/aromatic N) is 5. The Hall–Kier alpha value is -2.80. The summed E-state index contributed by atoms with van der Waals surface area (Å²) < 4.78 is 18.4. The Bertz CT molecular complexity index is 1260. The number of fused-ring (bicyclic) bond motifs is 3.